The third-order valence-corrected chi connectivity index (χ3v) is 2.67. The van der Waals surface area contributed by atoms with Crippen molar-refractivity contribution in [1.29, 1.82) is 0 Å². The van der Waals surface area contributed by atoms with Gasteiger partial charge in [-0.3, -0.25) is 14.9 Å². The van der Waals surface area contributed by atoms with E-state index in [1.807, 2.05) is 0 Å². The summed E-state index contributed by atoms with van der Waals surface area (Å²) >= 11 is 0. The van der Waals surface area contributed by atoms with Crippen LogP contribution in [0.2, 0.25) is 0 Å². The van der Waals surface area contributed by atoms with Crippen molar-refractivity contribution < 1.29 is 14.5 Å². The second-order valence-electron chi connectivity index (χ2n) is 4.59. The van der Waals surface area contributed by atoms with Gasteiger partial charge >= 0.3 is 6.03 Å². The number of amides is 2. The van der Waals surface area contributed by atoms with Gasteiger partial charge < -0.3 is 10.6 Å². The van der Waals surface area contributed by atoms with Crippen LogP contribution in [0.3, 0.4) is 0 Å². The van der Waals surface area contributed by atoms with Crippen LogP contribution in [0.4, 0.5) is 16.3 Å². The van der Waals surface area contributed by atoms with Crippen LogP contribution in [0.15, 0.2) is 18.2 Å². The molecule has 0 aliphatic heterocycles. The number of aromatic nitrogens is 2. The Labute approximate surface area is 119 Å². The van der Waals surface area contributed by atoms with E-state index in [9.17, 15) is 19.7 Å². The summed E-state index contributed by atoms with van der Waals surface area (Å²) in [4.78, 5) is 32.9. The molecule has 0 fully saturated rings. The lowest BCUT2D eigenvalue weighted by atomic mass is 10.2. The third kappa shape index (κ3) is 2.81. The van der Waals surface area contributed by atoms with Crippen molar-refractivity contribution >= 4 is 34.8 Å². The van der Waals surface area contributed by atoms with Crippen LogP contribution in [-0.2, 0) is 4.79 Å². The Morgan fingerprint density at radius 2 is 2.19 bits per heavy atom. The first kappa shape index (κ1) is 14.4. The molecule has 0 unspecified atom stereocenters. The number of carbonyl (C=O) groups excluding carboxylic acids is 2. The van der Waals surface area contributed by atoms with Crippen molar-refractivity contribution in [2.45, 2.75) is 19.9 Å². The number of nitro benzene ring substituents is 1. The molecule has 0 bridgehead atoms. The Bertz CT molecular complexity index is 722. The van der Waals surface area contributed by atoms with Gasteiger partial charge in [0.05, 0.1) is 15.8 Å². The number of benzene rings is 1. The molecule has 2 amide bonds. The number of fused-ring (bicyclic) bond motifs is 1. The lowest BCUT2D eigenvalue weighted by molar-refractivity contribution is -0.384. The lowest BCUT2D eigenvalue weighted by Crippen LogP contribution is -2.34. The number of hydrogen-bond donors (Lipinski definition) is 2. The van der Waals surface area contributed by atoms with E-state index in [0.29, 0.717) is 17.3 Å². The summed E-state index contributed by atoms with van der Waals surface area (Å²) in [7, 11) is 0. The average molecular weight is 291 g/mol. The van der Waals surface area contributed by atoms with Crippen LogP contribution in [-0.4, -0.2) is 33.2 Å². The lowest BCUT2D eigenvalue weighted by Gasteiger charge is -2.08. The van der Waals surface area contributed by atoms with Crippen LogP contribution in [0, 0.1) is 10.1 Å². The maximum Gasteiger partial charge on any atom is 0.342 e. The molecule has 0 spiro atoms. The van der Waals surface area contributed by atoms with E-state index >= 15 is 0 Å². The zero-order valence-electron chi connectivity index (χ0n) is 11.4. The molecule has 2 N–H and O–H groups in total. The number of carbonyl (C=O) groups is 2. The molecular weight excluding hydrogens is 278 g/mol. The molecule has 0 saturated heterocycles. The summed E-state index contributed by atoms with van der Waals surface area (Å²) in [6, 6.07) is 3.36. The second kappa shape index (κ2) is 5.57. The summed E-state index contributed by atoms with van der Waals surface area (Å²) in [6.45, 7) is 3.58. The summed E-state index contributed by atoms with van der Waals surface area (Å²) in [6.07, 6.45) is 0.394. The molecule has 110 valence electrons. The van der Waals surface area contributed by atoms with E-state index in [4.69, 9.17) is 0 Å². The molecule has 0 aliphatic carbocycles. The number of nitrogens with zero attached hydrogens (tertiary/aromatic N) is 3. The summed E-state index contributed by atoms with van der Waals surface area (Å²) in [5.41, 5.74) is 0.211. The molecule has 1 aromatic heterocycles. The van der Waals surface area contributed by atoms with Crippen LogP contribution >= 0.6 is 0 Å². The van der Waals surface area contributed by atoms with E-state index in [1.165, 1.54) is 18.2 Å². The fourth-order valence-electron chi connectivity index (χ4n) is 1.85. The van der Waals surface area contributed by atoms with E-state index in [1.54, 1.807) is 13.8 Å². The van der Waals surface area contributed by atoms with Crippen molar-refractivity contribution in [3.63, 3.8) is 0 Å². The normalized spacial score (nSPS) is 10.6. The molecule has 1 heterocycles. The molecule has 9 nitrogen and oxygen atoms in total. The highest BCUT2D eigenvalue weighted by Gasteiger charge is 2.18. The highest BCUT2D eigenvalue weighted by Crippen LogP contribution is 2.26. The van der Waals surface area contributed by atoms with Gasteiger partial charge in [-0.2, -0.15) is 4.68 Å². The van der Waals surface area contributed by atoms with Gasteiger partial charge in [-0.05, 0) is 19.9 Å². The first-order chi connectivity index (χ1) is 9.93. The first-order valence-electron chi connectivity index (χ1n) is 6.12. The number of nitrogens with one attached hydrogen (secondary N) is 2. The van der Waals surface area contributed by atoms with Crippen LogP contribution in [0.1, 0.15) is 13.8 Å². The van der Waals surface area contributed by atoms with Gasteiger partial charge in [0.25, 0.3) is 5.69 Å². The maximum atomic E-state index is 12.0. The zero-order chi connectivity index (χ0) is 15.6. The van der Waals surface area contributed by atoms with Gasteiger partial charge in [0, 0.05) is 18.2 Å². The van der Waals surface area contributed by atoms with Crippen LogP contribution in [0.5, 0.6) is 0 Å². The summed E-state index contributed by atoms with van der Waals surface area (Å²) < 4.78 is 1.06. The van der Waals surface area contributed by atoms with Gasteiger partial charge in [0.15, 0.2) is 5.82 Å². The minimum atomic E-state index is -0.560. The summed E-state index contributed by atoms with van der Waals surface area (Å²) in [5.74, 6) is 0.0857. The van der Waals surface area contributed by atoms with E-state index < -0.39 is 11.0 Å². The monoisotopic (exact) mass is 291 g/mol. The van der Waals surface area contributed by atoms with Gasteiger partial charge in [0.2, 0.25) is 6.41 Å². The van der Waals surface area contributed by atoms with E-state index in [-0.39, 0.29) is 17.5 Å². The van der Waals surface area contributed by atoms with Crippen molar-refractivity contribution in [2.24, 2.45) is 0 Å². The fraction of sp³-hybridized carbons (Fsp3) is 0.250. The quantitative estimate of drug-likeness (QED) is 0.502. The van der Waals surface area contributed by atoms with Gasteiger partial charge in [-0.15, -0.1) is 5.10 Å². The molecule has 2 aromatic rings. The fourth-order valence-corrected chi connectivity index (χ4v) is 1.85. The van der Waals surface area contributed by atoms with Crippen molar-refractivity contribution in [3.05, 3.63) is 28.3 Å². The largest absolute Gasteiger partial charge is 0.342 e. The minimum Gasteiger partial charge on any atom is -0.334 e. The minimum absolute atomic E-state index is 0.0857. The predicted octanol–water partition coefficient (Wildman–Crippen LogP) is 1.48. The molecule has 0 aliphatic rings. The Morgan fingerprint density at radius 3 is 2.76 bits per heavy atom. The Morgan fingerprint density at radius 1 is 1.48 bits per heavy atom. The van der Waals surface area contributed by atoms with Crippen LogP contribution < -0.4 is 10.6 Å². The number of non-ortho nitro benzene ring substituents is 1. The smallest absolute Gasteiger partial charge is 0.334 e. The van der Waals surface area contributed by atoms with Gasteiger partial charge in [-0.1, -0.05) is 0 Å². The first-order valence-corrected chi connectivity index (χ1v) is 6.12. The zero-order valence-corrected chi connectivity index (χ0v) is 11.4. The maximum absolute atomic E-state index is 12.0. The molecule has 0 saturated carbocycles. The van der Waals surface area contributed by atoms with Crippen molar-refractivity contribution in [3.8, 4) is 0 Å². The van der Waals surface area contributed by atoms with E-state index in [2.05, 4.69) is 15.7 Å². The molecule has 0 radical (unpaired) electrons. The Kier molecular flexibility index (Phi) is 3.83. The third-order valence-electron chi connectivity index (χ3n) is 2.67. The van der Waals surface area contributed by atoms with Gasteiger partial charge in [-0.25, -0.2) is 4.79 Å². The molecular formula is C12H13N5O4. The highest BCUT2D eigenvalue weighted by molar-refractivity contribution is 6.00. The number of hydrogen-bond acceptors (Lipinski definition) is 5. The van der Waals surface area contributed by atoms with Crippen molar-refractivity contribution in [2.75, 3.05) is 5.32 Å². The van der Waals surface area contributed by atoms with E-state index in [0.717, 1.165) is 4.68 Å². The second-order valence-corrected chi connectivity index (χ2v) is 4.59. The number of nitro groups is 1. The number of anilines is 1. The Balaban J connectivity index is 2.59. The molecule has 1 aromatic carbocycles. The molecule has 21 heavy (non-hydrogen) atoms. The van der Waals surface area contributed by atoms with Crippen LogP contribution in [0.25, 0.3) is 10.9 Å². The Hall–Kier alpha value is -2.97. The SMILES string of the molecule is CC(C)NC(=O)n1nc(NC=O)c2cc([N+](=O)[O-])ccc21. The summed E-state index contributed by atoms with van der Waals surface area (Å²) in [5, 5.41) is 20.1. The highest BCUT2D eigenvalue weighted by atomic mass is 16.6. The molecule has 0 atom stereocenters. The topological polar surface area (TPSA) is 119 Å². The van der Waals surface area contributed by atoms with Crippen molar-refractivity contribution in [1.82, 2.24) is 15.1 Å². The number of rotatable bonds is 4. The standard InChI is InChI=1S/C12H13N5O4/c1-7(2)14-12(19)16-10-4-3-8(17(20)21)5-9(10)11(15-16)13-6-18/h3-7H,1-2H3,(H,14,19)(H,13,15,18). The molecule has 2 rings (SSSR count). The van der Waals surface area contributed by atoms with Gasteiger partial charge in [0.1, 0.15) is 0 Å². The molecule has 9 heteroatoms. The average Bonchev–Trinajstić information content (AvgIpc) is 2.77. The predicted molar refractivity (Wildman–Crippen MR) is 75.1 cm³/mol.